The maximum atomic E-state index is 13.4. The average molecular weight is 482 g/mol. The summed E-state index contributed by atoms with van der Waals surface area (Å²) in [5, 5.41) is 14.0. The van der Waals surface area contributed by atoms with Crippen LogP contribution >= 0.6 is 11.8 Å². The molecular weight excluding hydrogens is 461 g/mol. The van der Waals surface area contributed by atoms with Crippen LogP contribution in [0.1, 0.15) is 10.4 Å². The van der Waals surface area contributed by atoms with E-state index in [0.29, 0.717) is 39.2 Å². The monoisotopic (exact) mass is 481 g/mol. The number of anilines is 2. The molecule has 2 aromatic carbocycles. The van der Waals surface area contributed by atoms with Crippen molar-refractivity contribution in [1.82, 2.24) is 14.6 Å². The number of carbonyl (C=O) groups is 2. The van der Waals surface area contributed by atoms with Crippen molar-refractivity contribution in [3.8, 4) is 11.5 Å². The number of amides is 2. The largest absolute Gasteiger partial charge is 0.497 e. The molecule has 4 aromatic rings. The highest BCUT2D eigenvalue weighted by Crippen LogP contribution is 2.29. The summed E-state index contributed by atoms with van der Waals surface area (Å²) < 4.78 is 25.5. The number of nitrogens with one attached hydrogen (secondary N) is 2. The van der Waals surface area contributed by atoms with Gasteiger partial charge in [-0.2, -0.15) is 0 Å². The Morgan fingerprint density at radius 3 is 2.65 bits per heavy atom. The van der Waals surface area contributed by atoms with Gasteiger partial charge in [-0.05, 0) is 42.5 Å². The SMILES string of the molecule is COc1ccc(OC)c(NC(=O)CSc2nnc3ccc(C(=O)Nc4cccc(F)c4)cn23)c1. The van der Waals surface area contributed by atoms with Gasteiger partial charge in [0.1, 0.15) is 17.3 Å². The van der Waals surface area contributed by atoms with E-state index in [2.05, 4.69) is 20.8 Å². The molecule has 4 rings (SSSR count). The molecule has 174 valence electrons. The predicted octanol–water partition coefficient (Wildman–Crippen LogP) is 3.87. The summed E-state index contributed by atoms with van der Waals surface area (Å²) >= 11 is 1.16. The van der Waals surface area contributed by atoms with E-state index < -0.39 is 11.7 Å². The number of methoxy groups -OCH3 is 2. The number of halogens is 1. The number of benzene rings is 2. The number of pyridine rings is 1. The van der Waals surface area contributed by atoms with Crippen molar-refractivity contribution in [3.63, 3.8) is 0 Å². The van der Waals surface area contributed by atoms with Crippen LogP contribution in [0.15, 0.2) is 66.0 Å². The van der Waals surface area contributed by atoms with Crippen molar-refractivity contribution >= 4 is 40.6 Å². The molecule has 0 aliphatic rings. The summed E-state index contributed by atoms with van der Waals surface area (Å²) in [6.07, 6.45) is 1.56. The van der Waals surface area contributed by atoms with E-state index >= 15 is 0 Å². The van der Waals surface area contributed by atoms with Gasteiger partial charge in [0.15, 0.2) is 10.8 Å². The first-order chi connectivity index (χ1) is 16.5. The van der Waals surface area contributed by atoms with Crippen LogP contribution in [0, 0.1) is 5.82 Å². The molecular formula is C23H20FN5O4S. The molecule has 0 saturated heterocycles. The van der Waals surface area contributed by atoms with E-state index in [0.717, 1.165) is 11.8 Å². The fourth-order valence-corrected chi connectivity index (χ4v) is 3.82. The van der Waals surface area contributed by atoms with E-state index in [1.165, 1.54) is 32.4 Å². The maximum absolute atomic E-state index is 13.4. The van der Waals surface area contributed by atoms with E-state index in [1.54, 1.807) is 47.0 Å². The second-order valence-electron chi connectivity index (χ2n) is 7.00. The molecule has 0 aliphatic heterocycles. The standard InChI is InChI=1S/C23H20FN5O4S/c1-32-17-7-8-19(33-2)18(11-17)26-21(30)13-34-23-28-27-20-9-6-14(12-29(20)23)22(31)25-16-5-3-4-15(24)10-16/h3-12H,13H2,1-2H3,(H,25,31)(H,26,30). The molecule has 0 fully saturated rings. The van der Waals surface area contributed by atoms with Crippen LogP contribution in [-0.2, 0) is 4.79 Å². The number of nitrogens with zero attached hydrogens (tertiary/aromatic N) is 3. The Bertz CT molecular complexity index is 1360. The first-order valence-corrected chi connectivity index (χ1v) is 11.0. The Balaban J connectivity index is 1.45. The Morgan fingerprint density at radius 2 is 1.88 bits per heavy atom. The Kier molecular flexibility index (Phi) is 6.93. The van der Waals surface area contributed by atoms with Gasteiger partial charge in [-0.3, -0.25) is 14.0 Å². The number of rotatable bonds is 8. The maximum Gasteiger partial charge on any atom is 0.257 e. The Morgan fingerprint density at radius 1 is 1.03 bits per heavy atom. The van der Waals surface area contributed by atoms with Gasteiger partial charge in [0.2, 0.25) is 5.91 Å². The zero-order valence-electron chi connectivity index (χ0n) is 18.2. The minimum atomic E-state index is -0.449. The normalized spacial score (nSPS) is 10.7. The first kappa shape index (κ1) is 23.1. The third-order valence-corrected chi connectivity index (χ3v) is 5.67. The number of carbonyl (C=O) groups excluding carboxylic acids is 2. The summed E-state index contributed by atoms with van der Waals surface area (Å²) in [5.74, 6) is -0.0258. The lowest BCUT2D eigenvalue weighted by Gasteiger charge is -2.11. The van der Waals surface area contributed by atoms with Crippen LogP contribution in [-0.4, -0.2) is 46.4 Å². The van der Waals surface area contributed by atoms with Gasteiger partial charge in [0.25, 0.3) is 5.91 Å². The number of thioether (sulfide) groups is 1. The zero-order valence-corrected chi connectivity index (χ0v) is 19.1. The van der Waals surface area contributed by atoms with Crippen LogP contribution < -0.4 is 20.1 Å². The molecule has 2 heterocycles. The van der Waals surface area contributed by atoms with Crippen molar-refractivity contribution in [3.05, 3.63) is 72.2 Å². The molecule has 0 saturated carbocycles. The highest BCUT2D eigenvalue weighted by molar-refractivity contribution is 7.99. The predicted molar refractivity (Wildman–Crippen MR) is 126 cm³/mol. The summed E-state index contributed by atoms with van der Waals surface area (Å²) in [5.41, 5.74) is 1.66. The van der Waals surface area contributed by atoms with Crippen molar-refractivity contribution in [2.24, 2.45) is 0 Å². The Hall–Kier alpha value is -4.12. The molecule has 0 bridgehead atoms. The molecule has 0 aliphatic carbocycles. The van der Waals surface area contributed by atoms with Crippen molar-refractivity contribution in [2.45, 2.75) is 5.16 Å². The quantitative estimate of drug-likeness (QED) is 0.368. The molecule has 0 radical (unpaired) electrons. The first-order valence-electron chi connectivity index (χ1n) is 10.0. The molecule has 9 nitrogen and oxygen atoms in total. The molecule has 11 heteroatoms. The van der Waals surface area contributed by atoms with Crippen molar-refractivity contribution in [2.75, 3.05) is 30.6 Å². The van der Waals surface area contributed by atoms with Gasteiger partial charge in [-0.15, -0.1) is 10.2 Å². The lowest BCUT2D eigenvalue weighted by Crippen LogP contribution is -2.15. The lowest BCUT2D eigenvalue weighted by atomic mass is 10.2. The van der Waals surface area contributed by atoms with Gasteiger partial charge in [-0.25, -0.2) is 4.39 Å². The van der Waals surface area contributed by atoms with Crippen LogP contribution in [0.4, 0.5) is 15.8 Å². The van der Waals surface area contributed by atoms with Crippen molar-refractivity contribution < 1.29 is 23.5 Å². The molecule has 0 atom stereocenters. The minimum absolute atomic E-state index is 0.0425. The average Bonchev–Trinajstić information content (AvgIpc) is 3.25. The van der Waals surface area contributed by atoms with E-state index in [9.17, 15) is 14.0 Å². The summed E-state index contributed by atoms with van der Waals surface area (Å²) in [4.78, 5) is 25.1. The van der Waals surface area contributed by atoms with Crippen LogP contribution in [0.5, 0.6) is 11.5 Å². The summed E-state index contributed by atoms with van der Waals surface area (Å²) in [7, 11) is 3.04. The van der Waals surface area contributed by atoms with Gasteiger partial charge < -0.3 is 20.1 Å². The number of ether oxygens (including phenoxy) is 2. The third-order valence-electron chi connectivity index (χ3n) is 4.73. The van der Waals surface area contributed by atoms with Gasteiger partial charge in [0.05, 0.1) is 31.2 Å². The molecule has 2 aromatic heterocycles. The minimum Gasteiger partial charge on any atom is -0.497 e. The highest BCUT2D eigenvalue weighted by atomic mass is 32.2. The zero-order chi connectivity index (χ0) is 24.1. The van der Waals surface area contributed by atoms with E-state index in [-0.39, 0.29) is 11.7 Å². The van der Waals surface area contributed by atoms with Gasteiger partial charge >= 0.3 is 0 Å². The number of fused-ring (bicyclic) bond motifs is 1. The topological polar surface area (TPSA) is 107 Å². The summed E-state index contributed by atoms with van der Waals surface area (Å²) in [6, 6.07) is 13.9. The molecule has 34 heavy (non-hydrogen) atoms. The third kappa shape index (κ3) is 5.26. The number of hydrogen-bond donors (Lipinski definition) is 2. The highest BCUT2D eigenvalue weighted by Gasteiger charge is 2.14. The Labute approximate surface area is 198 Å². The lowest BCUT2D eigenvalue weighted by molar-refractivity contribution is -0.113. The molecule has 2 N–H and O–H groups in total. The summed E-state index contributed by atoms with van der Waals surface area (Å²) in [6.45, 7) is 0. The van der Waals surface area contributed by atoms with E-state index in [1.807, 2.05) is 0 Å². The van der Waals surface area contributed by atoms with Crippen LogP contribution in [0.25, 0.3) is 5.65 Å². The second kappa shape index (κ2) is 10.2. The molecule has 2 amide bonds. The smallest absolute Gasteiger partial charge is 0.257 e. The van der Waals surface area contributed by atoms with Gasteiger partial charge in [0, 0.05) is 18.0 Å². The van der Waals surface area contributed by atoms with Crippen LogP contribution in [0.3, 0.4) is 0 Å². The van der Waals surface area contributed by atoms with Crippen LogP contribution in [0.2, 0.25) is 0 Å². The molecule has 0 unspecified atom stereocenters. The number of aromatic nitrogens is 3. The second-order valence-corrected chi connectivity index (χ2v) is 7.94. The fraction of sp³-hybridized carbons (Fsp3) is 0.130. The van der Waals surface area contributed by atoms with Crippen molar-refractivity contribution in [1.29, 1.82) is 0 Å². The van der Waals surface area contributed by atoms with E-state index in [4.69, 9.17) is 9.47 Å². The van der Waals surface area contributed by atoms with Gasteiger partial charge in [-0.1, -0.05) is 17.8 Å². The fourth-order valence-electron chi connectivity index (χ4n) is 3.10. The number of hydrogen-bond acceptors (Lipinski definition) is 7. The molecule has 0 spiro atoms.